The van der Waals surface area contributed by atoms with Crippen LogP contribution in [-0.4, -0.2) is 45.9 Å². The smallest absolute Gasteiger partial charge is 0.301 e. The standard InChI is InChI=1S/C21H34N4O2S.C19H29N3/c1-6-21(2,3)20-22-18-14-17(23-28(26,27)24(4)5)12-13-19(18)25(20)15-16-10-8-7-9-11-16;1-4-19(2,3)18-21-16-12-15(20)10-11-17(16)22(18)13-14-8-6-5-7-9-14/h12-14,16,23H,6-11,15H2,1-5H3;10-12,14H,4-9,13,20H2,1-3H3. The van der Waals surface area contributed by atoms with E-state index in [-0.39, 0.29) is 10.8 Å². The third kappa shape index (κ3) is 8.67. The predicted molar refractivity (Wildman–Crippen MR) is 210 cm³/mol. The topological polar surface area (TPSA) is 111 Å². The Hall–Kier alpha value is -3.11. The molecule has 2 aliphatic rings. The fraction of sp³-hybridized carbons (Fsp3) is 0.650. The van der Waals surface area contributed by atoms with Crippen molar-refractivity contribution in [1.29, 1.82) is 0 Å². The maximum atomic E-state index is 12.2. The molecule has 0 atom stereocenters. The van der Waals surface area contributed by atoms with Gasteiger partial charge in [0.25, 0.3) is 0 Å². The number of hydrogen-bond acceptors (Lipinski definition) is 5. The maximum absolute atomic E-state index is 12.2. The third-order valence-electron chi connectivity index (χ3n) is 11.6. The van der Waals surface area contributed by atoms with E-state index in [9.17, 15) is 8.42 Å². The van der Waals surface area contributed by atoms with E-state index in [1.54, 1.807) is 0 Å². The summed E-state index contributed by atoms with van der Waals surface area (Å²) < 4.78 is 33.0. The minimum atomic E-state index is -3.53. The van der Waals surface area contributed by atoms with E-state index < -0.39 is 10.2 Å². The van der Waals surface area contributed by atoms with E-state index in [0.29, 0.717) is 11.6 Å². The normalized spacial score (nSPS) is 17.0. The van der Waals surface area contributed by atoms with Crippen molar-refractivity contribution in [3.05, 3.63) is 48.0 Å². The highest BCUT2D eigenvalue weighted by atomic mass is 32.2. The first kappa shape index (κ1) is 38.1. The molecule has 276 valence electrons. The molecule has 9 nitrogen and oxygen atoms in total. The average molecular weight is 706 g/mol. The van der Waals surface area contributed by atoms with Crippen LogP contribution in [0.4, 0.5) is 11.4 Å². The number of fused-ring (bicyclic) bond motifs is 2. The van der Waals surface area contributed by atoms with E-state index >= 15 is 0 Å². The van der Waals surface area contributed by atoms with Crippen molar-refractivity contribution in [3.63, 3.8) is 0 Å². The average Bonchev–Trinajstić information content (AvgIpc) is 3.64. The second-order valence-electron chi connectivity index (χ2n) is 16.4. The van der Waals surface area contributed by atoms with Crippen LogP contribution < -0.4 is 10.5 Å². The number of nitrogens with zero attached hydrogens (tertiary/aromatic N) is 5. The van der Waals surface area contributed by atoms with Gasteiger partial charge in [0.1, 0.15) is 11.6 Å². The predicted octanol–water partition coefficient (Wildman–Crippen LogP) is 9.41. The van der Waals surface area contributed by atoms with Crippen molar-refractivity contribution in [2.75, 3.05) is 24.6 Å². The molecule has 0 amide bonds. The number of nitrogens with one attached hydrogen (secondary N) is 1. The summed E-state index contributed by atoms with van der Waals surface area (Å²) in [6.07, 6.45) is 15.6. The van der Waals surface area contributed by atoms with Crippen molar-refractivity contribution in [2.24, 2.45) is 11.8 Å². The Balaban J connectivity index is 0.000000200. The Labute approximate surface area is 301 Å². The molecule has 2 aliphatic carbocycles. The molecular weight excluding hydrogens is 643 g/mol. The lowest BCUT2D eigenvalue weighted by Crippen LogP contribution is -2.28. The van der Waals surface area contributed by atoms with Gasteiger partial charge >= 0.3 is 10.2 Å². The van der Waals surface area contributed by atoms with Gasteiger partial charge in [-0.05, 0) is 86.8 Å². The van der Waals surface area contributed by atoms with Crippen LogP contribution in [0.5, 0.6) is 0 Å². The van der Waals surface area contributed by atoms with Crippen molar-refractivity contribution >= 4 is 43.7 Å². The van der Waals surface area contributed by atoms with Crippen LogP contribution in [0.1, 0.15) is 130 Å². The van der Waals surface area contributed by atoms with Crippen molar-refractivity contribution < 1.29 is 8.42 Å². The van der Waals surface area contributed by atoms with Gasteiger partial charge in [-0.25, -0.2) is 9.97 Å². The number of benzene rings is 2. The Kier molecular flexibility index (Phi) is 11.9. The lowest BCUT2D eigenvalue weighted by molar-refractivity contribution is 0.310. The summed E-state index contributed by atoms with van der Waals surface area (Å²) >= 11 is 0. The summed E-state index contributed by atoms with van der Waals surface area (Å²) in [5.41, 5.74) is 11.6. The number of nitrogens with two attached hydrogens (primary N) is 1. The second kappa shape index (κ2) is 15.6. The monoisotopic (exact) mass is 705 g/mol. The van der Waals surface area contributed by atoms with Gasteiger partial charge < -0.3 is 14.9 Å². The Morgan fingerprint density at radius 2 is 1.18 bits per heavy atom. The number of anilines is 2. The van der Waals surface area contributed by atoms with Crippen LogP contribution in [0.2, 0.25) is 0 Å². The Morgan fingerprint density at radius 1 is 0.740 bits per heavy atom. The van der Waals surface area contributed by atoms with Gasteiger partial charge in [0.05, 0.1) is 27.8 Å². The molecule has 0 spiro atoms. The molecule has 0 unspecified atom stereocenters. The lowest BCUT2D eigenvalue weighted by atomic mass is 9.87. The van der Waals surface area contributed by atoms with Crippen LogP contribution in [0, 0.1) is 11.8 Å². The zero-order valence-corrected chi connectivity index (χ0v) is 32.9. The van der Waals surface area contributed by atoms with Gasteiger partial charge in [-0.3, -0.25) is 4.72 Å². The quantitative estimate of drug-likeness (QED) is 0.151. The summed E-state index contributed by atoms with van der Waals surface area (Å²) in [5, 5.41) is 0. The highest BCUT2D eigenvalue weighted by molar-refractivity contribution is 7.90. The molecule has 2 heterocycles. The SMILES string of the molecule is CCC(C)(C)c1nc2cc(N)ccc2n1CC1CCCCC1.CCC(C)(C)c1nc2cc(NS(=O)(=O)N(C)C)ccc2n1CC1CCCCC1. The summed E-state index contributed by atoms with van der Waals surface area (Å²) in [7, 11) is -0.499. The molecule has 2 aromatic carbocycles. The first-order valence-electron chi connectivity index (χ1n) is 19.1. The number of hydrogen-bond donors (Lipinski definition) is 2. The van der Waals surface area contributed by atoms with Crippen LogP contribution in [0.3, 0.4) is 0 Å². The molecule has 2 aromatic heterocycles. The summed E-state index contributed by atoms with van der Waals surface area (Å²) in [6.45, 7) is 15.6. The van der Waals surface area contributed by atoms with E-state index in [2.05, 4.69) is 61.5 Å². The molecule has 10 heteroatoms. The molecule has 0 bridgehead atoms. The molecular formula is C40H63N7O2S. The highest BCUT2D eigenvalue weighted by Crippen LogP contribution is 2.35. The number of aromatic nitrogens is 4. The molecule has 2 fully saturated rings. The molecule has 3 N–H and O–H groups in total. The van der Waals surface area contributed by atoms with E-state index in [1.807, 2.05) is 30.3 Å². The minimum absolute atomic E-state index is 0.0308. The Morgan fingerprint density at radius 3 is 1.62 bits per heavy atom. The van der Waals surface area contributed by atoms with Crippen molar-refractivity contribution in [2.45, 2.75) is 143 Å². The zero-order valence-electron chi connectivity index (χ0n) is 32.1. The van der Waals surface area contributed by atoms with Gasteiger partial charge in [-0.1, -0.05) is 80.1 Å². The summed E-state index contributed by atoms with van der Waals surface area (Å²) in [4.78, 5) is 9.94. The third-order valence-corrected chi connectivity index (χ3v) is 13.0. The van der Waals surface area contributed by atoms with E-state index in [1.165, 1.54) is 93.9 Å². The van der Waals surface area contributed by atoms with Gasteiger partial charge in [-0.15, -0.1) is 0 Å². The molecule has 50 heavy (non-hydrogen) atoms. The van der Waals surface area contributed by atoms with Gasteiger partial charge in [0.15, 0.2) is 0 Å². The fourth-order valence-electron chi connectivity index (χ4n) is 7.56. The number of nitrogen functional groups attached to an aromatic ring is 1. The van der Waals surface area contributed by atoms with Crippen molar-refractivity contribution in [3.8, 4) is 0 Å². The maximum Gasteiger partial charge on any atom is 0.301 e. The van der Waals surface area contributed by atoms with Gasteiger partial charge in [-0.2, -0.15) is 12.7 Å². The number of imidazole rings is 2. The summed E-state index contributed by atoms with van der Waals surface area (Å²) in [5.74, 6) is 3.82. The molecule has 2 saturated carbocycles. The van der Waals surface area contributed by atoms with E-state index in [0.717, 1.165) is 59.9 Å². The second-order valence-corrected chi connectivity index (χ2v) is 18.3. The van der Waals surface area contributed by atoms with Crippen molar-refractivity contribution in [1.82, 2.24) is 23.4 Å². The van der Waals surface area contributed by atoms with Gasteiger partial charge in [0, 0.05) is 43.7 Å². The van der Waals surface area contributed by atoms with Crippen LogP contribution in [0.15, 0.2) is 36.4 Å². The van der Waals surface area contributed by atoms with Crippen LogP contribution in [-0.2, 0) is 34.1 Å². The molecule has 6 rings (SSSR count). The molecule has 0 aliphatic heterocycles. The minimum Gasteiger partial charge on any atom is -0.399 e. The molecule has 4 aromatic rings. The first-order valence-corrected chi connectivity index (χ1v) is 20.6. The fourth-order valence-corrected chi connectivity index (χ4v) is 8.16. The first-order chi connectivity index (χ1) is 23.6. The highest BCUT2D eigenvalue weighted by Gasteiger charge is 2.29. The molecule has 0 radical (unpaired) electrons. The van der Waals surface area contributed by atoms with Crippen LogP contribution >= 0.6 is 0 Å². The van der Waals surface area contributed by atoms with Gasteiger partial charge in [0.2, 0.25) is 0 Å². The Bertz CT molecular complexity index is 1840. The largest absolute Gasteiger partial charge is 0.399 e. The summed E-state index contributed by atoms with van der Waals surface area (Å²) in [6, 6.07) is 11.9. The van der Waals surface area contributed by atoms with Crippen LogP contribution in [0.25, 0.3) is 22.1 Å². The molecule has 0 saturated heterocycles. The lowest BCUT2D eigenvalue weighted by Gasteiger charge is -2.27. The van der Waals surface area contributed by atoms with E-state index in [4.69, 9.17) is 15.7 Å². The zero-order chi connectivity index (χ0) is 36.3. The number of rotatable bonds is 11.